The van der Waals surface area contributed by atoms with E-state index in [2.05, 4.69) is 21.2 Å². The summed E-state index contributed by atoms with van der Waals surface area (Å²) in [5.74, 6) is -0.925. The number of carboxylic acids is 1. The number of carbonyl (C=O) groups excluding carboxylic acids is 2. The third kappa shape index (κ3) is 4.30. The molecule has 0 atom stereocenters. The average Bonchev–Trinajstić information content (AvgIpc) is 2.79. The SMILES string of the molecule is CCOc1cc(OCC)c(/C=C2/NC(=O)N(CC(=O)O)C2=O)cc1Br. The number of carboxylic acid groups (broad SMARTS) is 1. The van der Waals surface area contributed by atoms with Crippen molar-refractivity contribution in [3.63, 3.8) is 0 Å². The van der Waals surface area contributed by atoms with Gasteiger partial charge in [-0.3, -0.25) is 9.59 Å². The minimum Gasteiger partial charge on any atom is -0.493 e. The maximum absolute atomic E-state index is 12.2. The van der Waals surface area contributed by atoms with Gasteiger partial charge in [0.05, 0.1) is 17.7 Å². The number of hydrogen-bond acceptors (Lipinski definition) is 5. The van der Waals surface area contributed by atoms with Gasteiger partial charge in [-0.1, -0.05) is 0 Å². The molecule has 1 heterocycles. The van der Waals surface area contributed by atoms with E-state index in [4.69, 9.17) is 14.6 Å². The Hall–Kier alpha value is -2.55. The van der Waals surface area contributed by atoms with Crippen molar-refractivity contribution < 1.29 is 29.0 Å². The third-order valence-corrected chi connectivity index (χ3v) is 3.84. The summed E-state index contributed by atoms with van der Waals surface area (Å²) in [5, 5.41) is 11.2. The van der Waals surface area contributed by atoms with Crippen molar-refractivity contribution in [3.05, 3.63) is 27.9 Å². The number of nitrogens with zero attached hydrogens (tertiary/aromatic N) is 1. The molecule has 2 rings (SSSR count). The minimum absolute atomic E-state index is 0.0248. The highest BCUT2D eigenvalue weighted by Crippen LogP contribution is 2.34. The van der Waals surface area contributed by atoms with Gasteiger partial charge in [0, 0.05) is 11.6 Å². The molecule has 1 aliphatic heterocycles. The van der Waals surface area contributed by atoms with Crippen LogP contribution in [0.2, 0.25) is 0 Å². The normalized spacial score (nSPS) is 15.5. The monoisotopic (exact) mass is 412 g/mol. The van der Waals surface area contributed by atoms with Gasteiger partial charge < -0.3 is 19.9 Å². The van der Waals surface area contributed by atoms with Gasteiger partial charge in [-0.15, -0.1) is 0 Å². The number of rotatable bonds is 7. The maximum atomic E-state index is 12.2. The van der Waals surface area contributed by atoms with Crippen LogP contribution in [0.3, 0.4) is 0 Å². The fraction of sp³-hybridized carbons (Fsp3) is 0.312. The largest absolute Gasteiger partial charge is 0.493 e. The number of halogens is 1. The molecule has 0 aliphatic carbocycles. The molecule has 1 aromatic carbocycles. The van der Waals surface area contributed by atoms with Crippen LogP contribution in [0.1, 0.15) is 19.4 Å². The molecule has 0 saturated carbocycles. The molecule has 0 radical (unpaired) electrons. The lowest BCUT2D eigenvalue weighted by atomic mass is 10.1. The standard InChI is InChI=1S/C16H17BrN2O6/c1-3-24-12-7-13(25-4-2)10(17)5-9(12)6-11-15(22)19(8-14(20)21)16(23)18-11/h5-7H,3-4,8H2,1-2H3,(H,18,23)(H,20,21)/b11-6+. The van der Waals surface area contributed by atoms with Crippen LogP contribution in [0.4, 0.5) is 4.79 Å². The second kappa shape index (κ2) is 8.02. The molecule has 1 fully saturated rings. The maximum Gasteiger partial charge on any atom is 0.329 e. The number of nitrogens with one attached hydrogen (secondary N) is 1. The van der Waals surface area contributed by atoms with Crippen molar-refractivity contribution in [2.75, 3.05) is 19.8 Å². The van der Waals surface area contributed by atoms with Gasteiger partial charge in [-0.2, -0.15) is 0 Å². The van der Waals surface area contributed by atoms with Gasteiger partial charge in [-0.25, -0.2) is 9.69 Å². The lowest BCUT2D eigenvalue weighted by Crippen LogP contribution is -2.35. The van der Waals surface area contributed by atoms with Crippen molar-refractivity contribution >= 4 is 39.9 Å². The predicted molar refractivity (Wildman–Crippen MR) is 92.3 cm³/mol. The summed E-state index contributed by atoms with van der Waals surface area (Å²) in [4.78, 5) is 35.4. The number of carbonyl (C=O) groups is 3. The third-order valence-electron chi connectivity index (χ3n) is 3.22. The Kier molecular flexibility index (Phi) is 6.02. The van der Waals surface area contributed by atoms with Crippen LogP contribution in [-0.4, -0.2) is 47.7 Å². The molecule has 0 bridgehead atoms. The van der Waals surface area contributed by atoms with Crippen LogP contribution in [0.15, 0.2) is 22.3 Å². The summed E-state index contributed by atoms with van der Waals surface area (Å²) >= 11 is 3.38. The summed E-state index contributed by atoms with van der Waals surface area (Å²) in [6.45, 7) is 3.84. The summed E-state index contributed by atoms with van der Waals surface area (Å²) in [6, 6.07) is 2.60. The Morgan fingerprint density at radius 3 is 2.48 bits per heavy atom. The minimum atomic E-state index is -1.27. The number of aliphatic carboxylic acids is 1. The number of hydrogen-bond donors (Lipinski definition) is 2. The Bertz CT molecular complexity index is 746. The molecule has 0 unspecified atom stereocenters. The van der Waals surface area contributed by atoms with Gasteiger partial charge >= 0.3 is 12.0 Å². The van der Waals surface area contributed by atoms with Crippen LogP contribution in [-0.2, 0) is 9.59 Å². The van der Waals surface area contributed by atoms with Crippen LogP contribution in [0.5, 0.6) is 11.5 Å². The Balaban J connectivity index is 2.39. The van der Waals surface area contributed by atoms with Crippen molar-refractivity contribution in [2.45, 2.75) is 13.8 Å². The zero-order valence-corrected chi connectivity index (χ0v) is 15.3. The second-order valence-corrected chi connectivity index (χ2v) is 5.81. The molecule has 1 saturated heterocycles. The summed E-state index contributed by atoms with van der Waals surface area (Å²) in [5.41, 5.74) is 0.515. The van der Waals surface area contributed by atoms with Gasteiger partial charge in [0.2, 0.25) is 0 Å². The fourth-order valence-corrected chi connectivity index (χ4v) is 2.69. The van der Waals surface area contributed by atoms with Gasteiger partial charge in [0.1, 0.15) is 23.7 Å². The first kappa shape index (κ1) is 18.8. The van der Waals surface area contributed by atoms with E-state index in [-0.39, 0.29) is 5.70 Å². The van der Waals surface area contributed by atoms with E-state index < -0.39 is 24.5 Å². The van der Waals surface area contributed by atoms with E-state index in [1.807, 2.05) is 13.8 Å². The summed E-state index contributed by atoms with van der Waals surface area (Å²) < 4.78 is 11.7. The molecule has 0 spiro atoms. The second-order valence-electron chi connectivity index (χ2n) is 4.96. The molecule has 8 nitrogen and oxygen atoms in total. The van der Waals surface area contributed by atoms with E-state index in [1.54, 1.807) is 12.1 Å². The predicted octanol–water partition coefficient (Wildman–Crippen LogP) is 2.22. The molecular formula is C16H17BrN2O6. The number of ether oxygens (including phenoxy) is 2. The van der Waals surface area contributed by atoms with E-state index in [0.717, 1.165) is 0 Å². The van der Waals surface area contributed by atoms with Crippen LogP contribution < -0.4 is 14.8 Å². The number of imide groups is 1. The fourth-order valence-electron chi connectivity index (χ4n) is 2.22. The Morgan fingerprint density at radius 1 is 1.24 bits per heavy atom. The van der Waals surface area contributed by atoms with E-state index >= 15 is 0 Å². The Labute approximate surface area is 152 Å². The highest BCUT2D eigenvalue weighted by Gasteiger charge is 2.35. The van der Waals surface area contributed by atoms with Crippen LogP contribution in [0.25, 0.3) is 6.08 Å². The zero-order chi connectivity index (χ0) is 18.6. The molecule has 1 aromatic rings. The Morgan fingerprint density at radius 2 is 1.88 bits per heavy atom. The van der Waals surface area contributed by atoms with E-state index in [0.29, 0.717) is 39.6 Å². The quantitative estimate of drug-likeness (QED) is 0.525. The van der Waals surface area contributed by atoms with Crippen molar-refractivity contribution in [1.29, 1.82) is 0 Å². The molecule has 25 heavy (non-hydrogen) atoms. The number of urea groups is 1. The molecule has 134 valence electrons. The summed E-state index contributed by atoms with van der Waals surface area (Å²) in [6.07, 6.45) is 1.44. The zero-order valence-electron chi connectivity index (χ0n) is 13.7. The average molecular weight is 413 g/mol. The molecule has 1 aliphatic rings. The smallest absolute Gasteiger partial charge is 0.329 e. The number of amides is 3. The van der Waals surface area contributed by atoms with E-state index in [1.165, 1.54) is 6.08 Å². The molecule has 2 N–H and O–H groups in total. The van der Waals surface area contributed by atoms with Gasteiger partial charge in [0.15, 0.2) is 0 Å². The highest BCUT2D eigenvalue weighted by atomic mass is 79.9. The lowest BCUT2D eigenvalue weighted by molar-refractivity contribution is -0.140. The van der Waals surface area contributed by atoms with E-state index in [9.17, 15) is 14.4 Å². The molecule has 0 aromatic heterocycles. The molecule has 9 heteroatoms. The van der Waals surface area contributed by atoms with Crippen molar-refractivity contribution in [1.82, 2.24) is 10.2 Å². The first-order valence-electron chi connectivity index (χ1n) is 7.52. The number of benzene rings is 1. The highest BCUT2D eigenvalue weighted by molar-refractivity contribution is 9.10. The van der Waals surface area contributed by atoms with Gasteiger partial charge in [-0.05, 0) is 41.9 Å². The van der Waals surface area contributed by atoms with Gasteiger partial charge in [0.25, 0.3) is 5.91 Å². The van der Waals surface area contributed by atoms with Crippen LogP contribution >= 0.6 is 15.9 Å². The summed E-state index contributed by atoms with van der Waals surface area (Å²) in [7, 11) is 0. The molecule has 3 amide bonds. The topological polar surface area (TPSA) is 105 Å². The molecular weight excluding hydrogens is 396 g/mol. The van der Waals surface area contributed by atoms with Crippen molar-refractivity contribution in [2.24, 2.45) is 0 Å². The lowest BCUT2D eigenvalue weighted by Gasteiger charge is -2.12. The first-order chi connectivity index (χ1) is 11.9. The first-order valence-corrected chi connectivity index (χ1v) is 8.32. The van der Waals surface area contributed by atoms with Crippen LogP contribution in [0, 0.1) is 0 Å². The van der Waals surface area contributed by atoms with Crippen molar-refractivity contribution in [3.8, 4) is 11.5 Å².